The number of hydrogen-bond donors (Lipinski definition) is 0. The van der Waals surface area contributed by atoms with Crippen LogP contribution in [0.15, 0.2) is 50.1 Å². The van der Waals surface area contributed by atoms with Crippen LogP contribution in [0.2, 0.25) is 0 Å². The smallest absolute Gasteiger partial charge is 0.297 e. The van der Waals surface area contributed by atoms with E-state index in [-0.39, 0.29) is 17.1 Å². The number of aryl methyl sites for hydroxylation is 4. The number of carbonyl (C=O) groups excluding carboxylic acids is 1. The van der Waals surface area contributed by atoms with Crippen LogP contribution in [0.1, 0.15) is 49.4 Å². The van der Waals surface area contributed by atoms with Crippen LogP contribution in [0.4, 0.5) is 5.13 Å². The summed E-state index contributed by atoms with van der Waals surface area (Å²) in [5.41, 5.74) is 4.32. The average Bonchev–Trinajstić information content (AvgIpc) is 3.20. The number of thiazole rings is 1. The van der Waals surface area contributed by atoms with Gasteiger partial charge in [-0.2, -0.15) is 0 Å². The van der Waals surface area contributed by atoms with Gasteiger partial charge in [-0.25, -0.2) is 4.98 Å². The van der Waals surface area contributed by atoms with Crippen molar-refractivity contribution in [3.8, 4) is 0 Å². The van der Waals surface area contributed by atoms with Crippen molar-refractivity contribution in [2.45, 2.75) is 33.7 Å². The largest absolute Gasteiger partial charge is 0.450 e. The molecule has 1 aliphatic heterocycles. The van der Waals surface area contributed by atoms with Gasteiger partial charge in [0, 0.05) is 9.35 Å². The van der Waals surface area contributed by atoms with Crippen molar-refractivity contribution in [3.63, 3.8) is 0 Å². The second-order valence-corrected chi connectivity index (χ2v) is 9.97. The topological polar surface area (TPSA) is 63.4 Å². The fourth-order valence-electron chi connectivity index (χ4n) is 3.98. The molecule has 5 rings (SSSR count). The summed E-state index contributed by atoms with van der Waals surface area (Å²) in [5, 5.41) is 1.05. The van der Waals surface area contributed by atoms with E-state index in [1.807, 2.05) is 64.1 Å². The Kier molecular flexibility index (Phi) is 4.64. The first-order valence-corrected chi connectivity index (χ1v) is 11.5. The minimum absolute atomic E-state index is 0.0937. The van der Waals surface area contributed by atoms with Crippen molar-refractivity contribution < 1.29 is 9.21 Å². The molecule has 4 aromatic rings. The van der Waals surface area contributed by atoms with Crippen LogP contribution in [0.5, 0.6) is 0 Å². The number of fused-ring (bicyclic) bond motifs is 2. The summed E-state index contributed by atoms with van der Waals surface area (Å²) in [4.78, 5) is 34.5. The number of carbonyl (C=O) groups is 1. The molecule has 0 spiro atoms. The average molecular weight is 495 g/mol. The monoisotopic (exact) mass is 494 g/mol. The molecule has 0 saturated carbocycles. The van der Waals surface area contributed by atoms with Gasteiger partial charge in [-0.1, -0.05) is 28.1 Å². The van der Waals surface area contributed by atoms with Crippen LogP contribution in [-0.2, 0) is 0 Å². The maximum Gasteiger partial charge on any atom is 0.297 e. The molecule has 0 aliphatic carbocycles. The van der Waals surface area contributed by atoms with E-state index in [2.05, 4.69) is 20.9 Å². The lowest BCUT2D eigenvalue weighted by molar-refractivity contribution is 0.0971. The predicted molar refractivity (Wildman–Crippen MR) is 126 cm³/mol. The molecule has 5 nitrogen and oxygen atoms in total. The third kappa shape index (κ3) is 3.06. The van der Waals surface area contributed by atoms with Crippen LogP contribution in [-0.4, -0.2) is 10.9 Å². The molecule has 0 radical (unpaired) electrons. The van der Waals surface area contributed by atoms with Crippen molar-refractivity contribution in [3.05, 3.63) is 89.7 Å². The molecule has 0 unspecified atom stereocenters. The van der Waals surface area contributed by atoms with Crippen molar-refractivity contribution in [2.75, 3.05) is 4.90 Å². The molecule has 2 aromatic carbocycles. The first kappa shape index (κ1) is 20.2. The van der Waals surface area contributed by atoms with Crippen LogP contribution in [0.25, 0.3) is 11.0 Å². The van der Waals surface area contributed by atoms with Crippen molar-refractivity contribution >= 4 is 49.3 Å². The molecule has 0 bridgehead atoms. The number of nitrogens with zero attached hydrogens (tertiary/aromatic N) is 2. The van der Waals surface area contributed by atoms with Crippen LogP contribution in [0.3, 0.4) is 0 Å². The zero-order chi connectivity index (χ0) is 22.0. The van der Waals surface area contributed by atoms with Gasteiger partial charge in [0.2, 0.25) is 5.76 Å². The number of amides is 1. The second-order valence-electron chi connectivity index (χ2n) is 7.88. The highest BCUT2D eigenvalue weighted by molar-refractivity contribution is 9.10. The van der Waals surface area contributed by atoms with E-state index in [0.717, 1.165) is 31.7 Å². The summed E-state index contributed by atoms with van der Waals surface area (Å²) in [6.45, 7) is 7.81. The predicted octanol–water partition coefficient (Wildman–Crippen LogP) is 6.00. The number of rotatable bonds is 2. The number of aromatic nitrogens is 1. The third-order valence-electron chi connectivity index (χ3n) is 5.87. The van der Waals surface area contributed by atoms with Crippen LogP contribution in [0, 0.1) is 27.7 Å². The summed E-state index contributed by atoms with van der Waals surface area (Å²) in [6.07, 6.45) is 0. The van der Waals surface area contributed by atoms with E-state index in [0.29, 0.717) is 21.7 Å². The maximum absolute atomic E-state index is 13.7. The molecule has 0 saturated heterocycles. The second kappa shape index (κ2) is 7.14. The van der Waals surface area contributed by atoms with Crippen LogP contribution < -0.4 is 10.3 Å². The molecular formula is C24H19BrN2O3S. The van der Waals surface area contributed by atoms with E-state index in [1.54, 1.807) is 4.90 Å². The van der Waals surface area contributed by atoms with Gasteiger partial charge in [0.1, 0.15) is 5.58 Å². The zero-order valence-electron chi connectivity index (χ0n) is 17.4. The summed E-state index contributed by atoms with van der Waals surface area (Å²) < 4.78 is 6.95. The Hall–Kier alpha value is -2.77. The van der Waals surface area contributed by atoms with Gasteiger partial charge < -0.3 is 4.42 Å². The maximum atomic E-state index is 13.7. The summed E-state index contributed by atoms with van der Waals surface area (Å²) in [6, 6.07) is 10.7. The van der Waals surface area contributed by atoms with E-state index in [9.17, 15) is 9.59 Å². The SMILES string of the molecule is Cc1cc2oc3c(c(=O)c2cc1C)[C@H](c1cccc(Br)c1)N(c1nc(C)c(C)s1)C3=O. The molecule has 0 fully saturated rings. The summed E-state index contributed by atoms with van der Waals surface area (Å²) in [5.74, 6) is -0.248. The summed E-state index contributed by atoms with van der Waals surface area (Å²) in [7, 11) is 0. The number of benzene rings is 2. The number of hydrogen-bond acceptors (Lipinski definition) is 5. The highest BCUT2D eigenvalue weighted by atomic mass is 79.9. The van der Waals surface area contributed by atoms with Crippen molar-refractivity contribution in [1.82, 2.24) is 4.98 Å². The first-order chi connectivity index (χ1) is 14.8. The van der Waals surface area contributed by atoms with Crippen LogP contribution >= 0.6 is 27.3 Å². The Morgan fingerprint density at radius 1 is 1.06 bits per heavy atom. The Labute approximate surface area is 191 Å². The van der Waals surface area contributed by atoms with Gasteiger partial charge in [-0.05, 0) is 68.7 Å². The Balaban J connectivity index is 1.84. The minimum atomic E-state index is -0.604. The fraction of sp³-hybridized carbons (Fsp3) is 0.208. The Morgan fingerprint density at radius 3 is 2.48 bits per heavy atom. The number of halogens is 1. The first-order valence-electron chi connectivity index (χ1n) is 9.87. The molecule has 1 amide bonds. The lowest BCUT2D eigenvalue weighted by Gasteiger charge is -2.22. The van der Waals surface area contributed by atoms with Gasteiger partial charge in [-0.3, -0.25) is 14.5 Å². The molecule has 2 aromatic heterocycles. The van der Waals surface area contributed by atoms with E-state index in [4.69, 9.17) is 4.42 Å². The molecule has 0 N–H and O–H groups in total. The quantitative estimate of drug-likeness (QED) is 0.343. The fourth-order valence-corrected chi connectivity index (χ4v) is 5.33. The highest BCUT2D eigenvalue weighted by Gasteiger charge is 2.45. The number of anilines is 1. The third-order valence-corrected chi connectivity index (χ3v) is 7.44. The van der Waals surface area contributed by atoms with Gasteiger partial charge in [-0.15, -0.1) is 11.3 Å². The van der Waals surface area contributed by atoms with Gasteiger partial charge >= 0.3 is 0 Å². The normalized spacial score (nSPS) is 15.7. The molecule has 7 heteroatoms. The van der Waals surface area contributed by atoms with Crippen molar-refractivity contribution in [1.29, 1.82) is 0 Å². The summed E-state index contributed by atoms with van der Waals surface area (Å²) >= 11 is 4.96. The molecule has 156 valence electrons. The van der Waals surface area contributed by atoms with E-state index in [1.165, 1.54) is 11.3 Å². The van der Waals surface area contributed by atoms with Gasteiger partial charge in [0.25, 0.3) is 5.91 Å². The standard InChI is InChI=1S/C24H19BrN2O3S/c1-11-8-17-18(9-12(11)2)30-22-19(21(17)28)20(15-6-5-7-16(25)10-15)27(23(22)29)24-26-13(3)14(4)31-24/h5-10,20H,1-4H3/t20-/m0/s1. The Morgan fingerprint density at radius 2 is 1.81 bits per heavy atom. The molecule has 1 aliphatic rings. The highest BCUT2D eigenvalue weighted by Crippen LogP contribution is 2.43. The van der Waals surface area contributed by atoms with Crippen molar-refractivity contribution in [2.24, 2.45) is 0 Å². The molecule has 31 heavy (non-hydrogen) atoms. The van der Waals surface area contributed by atoms with E-state index >= 15 is 0 Å². The van der Waals surface area contributed by atoms with E-state index < -0.39 is 6.04 Å². The van der Waals surface area contributed by atoms with Gasteiger partial charge in [0.15, 0.2) is 10.6 Å². The molecule has 1 atom stereocenters. The lowest BCUT2D eigenvalue weighted by Crippen LogP contribution is -2.29. The molecule has 3 heterocycles. The molecular weight excluding hydrogens is 476 g/mol. The minimum Gasteiger partial charge on any atom is -0.450 e. The Bertz CT molecular complexity index is 1430. The zero-order valence-corrected chi connectivity index (χ0v) is 19.8. The lowest BCUT2D eigenvalue weighted by atomic mass is 9.98. The van der Waals surface area contributed by atoms with Gasteiger partial charge in [0.05, 0.1) is 22.7 Å².